The zero-order valence-electron chi connectivity index (χ0n) is 8.58. The Morgan fingerprint density at radius 1 is 1.38 bits per heavy atom. The predicted octanol–water partition coefficient (Wildman–Crippen LogP) is 2.39. The fraction of sp³-hybridized carbons (Fsp3) is 0.909. The fourth-order valence-electron chi connectivity index (χ4n) is 3.48. The van der Waals surface area contributed by atoms with Gasteiger partial charge in [0.15, 0.2) is 0 Å². The van der Waals surface area contributed by atoms with Gasteiger partial charge in [-0.05, 0) is 36.0 Å². The minimum atomic E-state index is -0.585. The van der Waals surface area contributed by atoms with E-state index in [0.29, 0.717) is 23.2 Å². The van der Waals surface area contributed by atoms with Crippen molar-refractivity contribution in [3.05, 3.63) is 0 Å². The molecule has 0 amide bonds. The molecule has 0 aromatic heterocycles. The van der Waals surface area contributed by atoms with E-state index < -0.39 is 5.97 Å². The largest absolute Gasteiger partial charge is 0.481 e. The Morgan fingerprint density at radius 3 is 2.38 bits per heavy atom. The van der Waals surface area contributed by atoms with Crippen LogP contribution in [0.3, 0.4) is 0 Å². The third-order valence-electron chi connectivity index (χ3n) is 4.67. The van der Waals surface area contributed by atoms with E-state index in [1.807, 2.05) is 0 Å². The van der Waals surface area contributed by atoms with Crippen LogP contribution in [0, 0.1) is 29.1 Å². The van der Waals surface area contributed by atoms with Gasteiger partial charge in [0.2, 0.25) is 0 Å². The molecular weight excluding hydrogens is 164 g/mol. The highest BCUT2D eigenvalue weighted by Gasteiger charge is 2.57. The first-order valence-electron chi connectivity index (χ1n) is 5.17. The predicted molar refractivity (Wildman–Crippen MR) is 50.3 cm³/mol. The van der Waals surface area contributed by atoms with Crippen molar-refractivity contribution in [3.8, 4) is 0 Å². The fourth-order valence-corrected chi connectivity index (χ4v) is 3.48. The van der Waals surface area contributed by atoms with E-state index in [1.165, 1.54) is 6.42 Å². The molecule has 3 aliphatic carbocycles. The molecule has 0 heterocycles. The normalized spacial score (nSPS) is 46.7. The third kappa shape index (κ3) is 1.04. The number of aliphatic carboxylic acids is 1. The van der Waals surface area contributed by atoms with Gasteiger partial charge >= 0.3 is 5.97 Å². The SMILES string of the molecule is CC1[C@@H](C(=O)O)C[C@H]2C[C@@H]1C2(C)C. The summed E-state index contributed by atoms with van der Waals surface area (Å²) in [5.41, 5.74) is 0.408. The van der Waals surface area contributed by atoms with Crippen LogP contribution in [0.2, 0.25) is 0 Å². The Kier molecular flexibility index (Phi) is 1.73. The summed E-state index contributed by atoms with van der Waals surface area (Å²) < 4.78 is 0. The van der Waals surface area contributed by atoms with E-state index in [9.17, 15) is 4.79 Å². The molecule has 13 heavy (non-hydrogen) atoms. The Labute approximate surface area is 79.3 Å². The number of carboxylic acids is 1. The first-order chi connectivity index (χ1) is 5.94. The van der Waals surface area contributed by atoms with E-state index in [-0.39, 0.29) is 5.92 Å². The molecule has 3 rings (SSSR count). The van der Waals surface area contributed by atoms with E-state index in [4.69, 9.17) is 5.11 Å². The number of rotatable bonds is 1. The highest BCUT2D eigenvalue weighted by Crippen LogP contribution is 2.62. The smallest absolute Gasteiger partial charge is 0.306 e. The molecule has 0 saturated heterocycles. The first-order valence-corrected chi connectivity index (χ1v) is 5.17. The van der Waals surface area contributed by atoms with Crippen molar-refractivity contribution in [1.82, 2.24) is 0 Å². The lowest BCUT2D eigenvalue weighted by atomic mass is 9.43. The summed E-state index contributed by atoms with van der Waals surface area (Å²) in [6.07, 6.45) is 2.16. The van der Waals surface area contributed by atoms with Crippen LogP contribution in [0.25, 0.3) is 0 Å². The molecule has 0 radical (unpaired) electrons. The number of hydrogen-bond donors (Lipinski definition) is 1. The highest BCUT2D eigenvalue weighted by molar-refractivity contribution is 5.70. The topological polar surface area (TPSA) is 37.3 Å². The summed E-state index contributed by atoms with van der Waals surface area (Å²) in [5.74, 6) is 1.02. The van der Waals surface area contributed by atoms with E-state index in [1.54, 1.807) is 0 Å². The zero-order chi connectivity index (χ0) is 9.80. The van der Waals surface area contributed by atoms with Gasteiger partial charge in [-0.3, -0.25) is 4.79 Å². The van der Waals surface area contributed by atoms with Crippen molar-refractivity contribution in [2.24, 2.45) is 29.1 Å². The van der Waals surface area contributed by atoms with Gasteiger partial charge in [0.25, 0.3) is 0 Å². The summed E-state index contributed by atoms with van der Waals surface area (Å²) in [4.78, 5) is 10.9. The van der Waals surface area contributed by atoms with Gasteiger partial charge in [-0.1, -0.05) is 20.8 Å². The molecule has 0 aromatic rings. The van der Waals surface area contributed by atoms with Gasteiger partial charge in [-0.25, -0.2) is 0 Å². The summed E-state index contributed by atoms with van der Waals surface area (Å²) in [6, 6.07) is 0. The molecule has 3 fully saturated rings. The minimum Gasteiger partial charge on any atom is -0.481 e. The van der Waals surface area contributed by atoms with Gasteiger partial charge in [-0.15, -0.1) is 0 Å². The number of fused-ring (bicyclic) bond motifs is 2. The molecule has 0 spiro atoms. The monoisotopic (exact) mass is 182 g/mol. The number of carboxylic acid groups (broad SMARTS) is 1. The molecule has 2 nitrogen and oxygen atoms in total. The lowest BCUT2D eigenvalue weighted by molar-refractivity contribution is -0.167. The van der Waals surface area contributed by atoms with Crippen LogP contribution in [-0.4, -0.2) is 11.1 Å². The second-order valence-corrected chi connectivity index (χ2v) is 5.40. The van der Waals surface area contributed by atoms with Crippen LogP contribution < -0.4 is 0 Å². The molecule has 1 N–H and O–H groups in total. The van der Waals surface area contributed by atoms with Crippen molar-refractivity contribution in [1.29, 1.82) is 0 Å². The molecule has 3 saturated carbocycles. The molecule has 0 aromatic carbocycles. The maximum absolute atomic E-state index is 10.9. The maximum Gasteiger partial charge on any atom is 0.306 e. The van der Waals surface area contributed by atoms with Crippen LogP contribution in [0.1, 0.15) is 33.6 Å². The average molecular weight is 182 g/mol. The first kappa shape index (κ1) is 9.04. The van der Waals surface area contributed by atoms with Crippen LogP contribution in [-0.2, 0) is 4.79 Å². The standard InChI is InChI=1S/C11H18O2/c1-6-8(10(12)13)4-7-5-9(6)11(7,2)3/h6-9H,4-5H2,1-3H3,(H,12,13)/t6?,7-,8-,9-/m0/s1. The number of hydrogen-bond acceptors (Lipinski definition) is 1. The van der Waals surface area contributed by atoms with Gasteiger partial charge < -0.3 is 5.11 Å². The molecule has 2 heteroatoms. The third-order valence-corrected chi connectivity index (χ3v) is 4.67. The molecular formula is C11H18O2. The summed E-state index contributed by atoms with van der Waals surface area (Å²) in [6.45, 7) is 6.70. The van der Waals surface area contributed by atoms with Crippen LogP contribution >= 0.6 is 0 Å². The van der Waals surface area contributed by atoms with Crippen molar-refractivity contribution in [2.75, 3.05) is 0 Å². The summed E-state index contributed by atoms with van der Waals surface area (Å²) in [7, 11) is 0. The molecule has 1 unspecified atom stereocenters. The molecule has 0 aliphatic heterocycles. The molecule has 74 valence electrons. The van der Waals surface area contributed by atoms with Crippen LogP contribution in [0.5, 0.6) is 0 Å². The summed E-state index contributed by atoms with van der Waals surface area (Å²) in [5, 5.41) is 9.02. The number of carbonyl (C=O) groups is 1. The Morgan fingerprint density at radius 2 is 2.00 bits per heavy atom. The van der Waals surface area contributed by atoms with E-state index >= 15 is 0 Å². The Hall–Kier alpha value is -0.530. The lowest BCUT2D eigenvalue weighted by Gasteiger charge is -2.61. The highest BCUT2D eigenvalue weighted by atomic mass is 16.4. The zero-order valence-corrected chi connectivity index (χ0v) is 8.58. The van der Waals surface area contributed by atoms with Gasteiger partial charge in [0, 0.05) is 0 Å². The van der Waals surface area contributed by atoms with E-state index in [2.05, 4.69) is 20.8 Å². The Bertz CT molecular complexity index is 244. The van der Waals surface area contributed by atoms with Crippen LogP contribution in [0.4, 0.5) is 0 Å². The van der Waals surface area contributed by atoms with Crippen molar-refractivity contribution < 1.29 is 9.90 Å². The maximum atomic E-state index is 10.9. The minimum absolute atomic E-state index is 0.0724. The molecule has 2 bridgehead atoms. The van der Waals surface area contributed by atoms with Crippen molar-refractivity contribution in [2.45, 2.75) is 33.6 Å². The summed E-state index contributed by atoms with van der Waals surface area (Å²) >= 11 is 0. The molecule has 3 aliphatic rings. The lowest BCUT2D eigenvalue weighted by Crippen LogP contribution is -2.56. The van der Waals surface area contributed by atoms with Gasteiger partial charge in [-0.2, -0.15) is 0 Å². The quantitative estimate of drug-likeness (QED) is 0.676. The van der Waals surface area contributed by atoms with Crippen LogP contribution in [0.15, 0.2) is 0 Å². The van der Waals surface area contributed by atoms with Crippen molar-refractivity contribution >= 4 is 5.97 Å². The van der Waals surface area contributed by atoms with Gasteiger partial charge in [0.05, 0.1) is 5.92 Å². The second kappa shape index (κ2) is 2.49. The van der Waals surface area contributed by atoms with Crippen molar-refractivity contribution in [3.63, 3.8) is 0 Å². The molecule has 4 atom stereocenters. The second-order valence-electron chi connectivity index (χ2n) is 5.40. The van der Waals surface area contributed by atoms with Gasteiger partial charge in [0.1, 0.15) is 0 Å². The van der Waals surface area contributed by atoms with E-state index in [0.717, 1.165) is 6.42 Å². The average Bonchev–Trinajstić information content (AvgIpc) is 2.02. The Balaban J connectivity index is 2.16.